The third-order valence-electron chi connectivity index (χ3n) is 9.05. The van der Waals surface area contributed by atoms with Gasteiger partial charge < -0.3 is 14.2 Å². The van der Waals surface area contributed by atoms with Crippen molar-refractivity contribution in [3.63, 3.8) is 0 Å². The summed E-state index contributed by atoms with van der Waals surface area (Å²) >= 11 is 0. The summed E-state index contributed by atoms with van der Waals surface area (Å²) in [6.45, 7) is 7.89. The lowest BCUT2D eigenvalue weighted by Gasteiger charge is -2.61. The lowest BCUT2D eigenvalue weighted by molar-refractivity contribution is -0.285. The van der Waals surface area contributed by atoms with Gasteiger partial charge in [-0.15, -0.1) is 0 Å². The summed E-state index contributed by atoms with van der Waals surface area (Å²) < 4.78 is 18.1. The highest BCUT2D eigenvalue weighted by molar-refractivity contribution is 5.85. The third-order valence-corrected chi connectivity index (χ3v) is 9.05. The molecule has 3 aliphatic carbocycles. The van der Waals surface area contributed by atoms with Gasteiger partial charge in [0.05, 0.1) is 24.9 Å². The standard InChI is InChI=1S/C22H34O4/c1-14-16-5-6-18-15-4-7-19(23)20(2,10-11-21(3)24-12-13-25-21)17(15)8-9-22(16,18)26-14/h14-18H,4-13H2,1-3H3. The topological polar surface area (TPSA) is 44.8 Å². The van der Waals surface area contributed by atoms with Crippen molar-refractivity contribution in [1.82, 2.24) is 0 Å². The van der Waals surface area contributed by atoms with E-state index in [0.717, 1.165) is 38.0 Å². The average Bonchev–Trinajstić information content (AvgIpc) is 3.17. The first-order chi connectivity index (χ1) is 12.4. The molecule has 7 unspecified atom stereocenters. The van der Waals surface area contributed by atoms with Crippen molar-refractivity contribution in [3.8, 4) is 0 Å². The number of hydrogen-bond donors (Lipinski definition) is 0. The second kappa shape index (κ2) is 5.78. The zero-order valence-corrected chi connectivity index (χ0v) is 16.6. The molecule has 0 amide bonds. The third kappa shape index (κ3) is 2.28. The second-order valence-electron chi connectivity index (χ2n) is 10.1. The van der Waals surface area contributed by atoms with Crippen molar-refractivity contribution in [2.45, 2.75) is 89.6 Å². The minimum atomic E-state index is -0.489. The lowest BCUT2D eigenvalue weighted by atomic mass is 9.49. The van der Waals surface area contributed by atoms with E-state index in [0.29, 0.717) is 42.9 Å². The van der Waals surface area contributed by atoms with E-state index in [4.69, 9.17) is 14.2 Å². The van der Waals surface area contributed by atoms with Crippen LogP contribution in [0, 0.1) is 29.1 Å². The molecule has 5 aliphatic rings. The molecule has 26 heavy (non-hydrogen) atoms. The van der Waals surface area contributed by atoms with Crippen LogP contribution in [0.3, 0.4) is 0 Å². The number of rotatable bonds is 3. The van der Waals surface area contributed by atoms with Crippen LogP contribution in [-0.2, 0) is 19.0 Å². The zero-order chi connectivity index (χ0) is 18.2. The Morgan fingerprint density at radius 3 is 2.42 bits per heavy atom. The number of ether oxygens (including phenoxy) is 3. The van der Waals surface area contributed by atoms with Crippen molar-refractivity contribution in [1.29, 1.82) is 0 Å². The molecular weight excluding hydrogens is 328 g/mol. The molecule has 5 fully saturated rings. The predicted molar refractivity (Wildman–Crippen MR) is 97.6 cm³/mol. The molecule has 0 radical (unpaired) electrons. The van der Waals surface area contributed by atoms with Crippen LogP contribution in [0.2, 0.25) is 0 Å². The summed E-state index contributed by atoms with van der Waals surface area (Å²) in [6, 6.07) is 0. The smallest absolute Gasteiger partial charge is 0.165 e. The van der Waals surface area contributed by atoms with Crippen LogP contribution in [0.4, 0.5) is 0 Å². The Morgan fingerprint density at radius 1 is 0.962 bits per heavy atom. The molecular formula is C22H34O4. The summed E-state index contributed by atoms with van der Waals surface area (Å²) in [7, 11) is 0. The minimum absolute atomic E-state index is 0.172. The molecule has 3 saturated carbocycles. The molecule has 0 bridgehead atoms. The zero-order valence-electron chi connectivity index (χ0n) is 16.6. The number of Topliss-reactive ketones (excluding diaryl/α,β-unsaturated/α-hetero) is 1. The molecule has 4 heteroatoms. The summed E-state index contributed by atoms with van der Waals surface area (Å²) in [6.07, 6.45) is 8.97. The van der Waals surface area contributed by atoms with E-state index in [1.54, 1.807) is 0 Å². The Hall–Kier alpha value is -0.450. The quantitative estimate of drug-likeness (QED) is 0.758. The SMILES string of the molecule is CC1OC23CCC4C(CCC(=O)C4(C)CCC4(C)OCCO4)C2CCC13. The van der Waals surface area contributed by atoms with Gasteiger partial charge in [0.15, 0.2) is 5.79 Å². The summed E-state index contributed by atoms with van der Waals surface area (Å²) in [5, 5.41) is 0. The fourth-order valence-corrected chi connectivity index (χ4v) is 7.66. The minimum Gasteiger partial charge on any atom is -0.371 e. The van der Waals surface area contributed by atoms with Crippen molar-refractivity contribution < 1.29 is 19.0 Å². The number of fused-ring (bicyclic) bond motifs is 2. The molecule has 1 spiro atoms. The van der Waals surface area contributed by atoms with Crippen LogP contribution < -0.4 is 0 Å². The second-order valence-corrected chi connectivity index (χ2v) is 10.1. The molecule has 2 aliphatic heterocycles. The van der Waals surface area contributed by atoms with E-state index in [1.807, 2.05) is 6.92 Å². The van der Waals surface area contributed by atoms with E-state index in [9.17, 15) is 4.79 Å². The molecule has 0 aromatic rings. The summed E-state index contributed by atoms with van der Waals surface area (Å²) in [4.78, 5) is 13.1. The van der Waals surface area contributed by atoms with Gasteiger partial charge in [-0.25, -0.2) is 0 Å². The van der Waals surface area contributed by atoms with Gasteiger partial charge in [0.2, 0.25) is 0 Å². The van der Waals surface area contributed by atoms with Gasteiger partial charge in [0.1, 0.15) is 5.78 Å². The van der Waals surface area contributed by atoms with Crippen LogP contribution >= 0.6 is 0 Å². The van der Waals surface area contributed by atoms with Crippen molar-refractivity contribution in [2.24, 2.45) is 29.1 Å². The number of carbonyl (C=O) groups is 1. The Bertz CT molecular complexity index is 597. The van der Waals surface area contributed by atoms with Crippen LogP contribution in [0.25, 0.3) is 0 Å². The van der Waals surface area contributed by atoms with Gasteiger partial charge in [0.25, 0.3) is 0 Å². The highest BCUT2D eigenvalue weighted by Gasteiger charge is 2.67. The van der Waals surface area contributed by atoms with Gasteiger partial charge in [-0.05, 0) is 70.1 Å². The predicted octanol–water partition coefficient (Wildman–Crippen LogP) is 4.11. The maximum absolute atomic E-state index is 13.1. The van der Waals surface area contributed by atoms with Crippen LogP contribution in [0.1, 0.15) is 72.1 Å². The number of ketones is 1. The molecule has 7 atom stereocenters. The van der Waals surface area contributed by atoms with Gasteiger partial charge >= 0.3 is 0 Å². The number of hydrogen-bond acceptors (Lipinski definition) is 4. The molecule has 146 valence electrons. The monoisotopic (exact) mass is 362 g/mol. The molecule has 2 heterocycles. The average molecular weight is 363 g/mol. The lowest BCUT2D eigenvalue weighted by Crippen LogP contribution is -2.64. The van der Waals surface area contributed by atoms with Gasteiger partial charge in [0, 0.05) is 24.2 Å². The molecule has 5 rings (SSSR count). The van der Waals surface area contributed by atoms with E-state index < -0.39 is 5.79 Å². The summed E-state index contributed by atoms with van der Waals surface area (Å²) in [5.41, 5.74) is -0.0398. The van der Waals surface area contributed by atoms with E-state index >= 15 is 0 Å². The van der Waals surface area contributed by atoms with Crippen LogP contribution in [0.5, 0.6) is 0 Å². The maximum Gasteiger partial charge on any atom is 0.165 e. The van der Waals surface area contributed by atoms with E-state index in [2.05, 4.69) is 13.8 Å². The Labute approximate surface area is 157 Å². The Balaban J connectivity index is 1.37. The molecule has 2 saturated heterocycles. The number of carbonyl (C=O) groups excluding carboxylic acids is 1. The largest absolute Gasteiger partial charge is 0.371 e. The normalized spacial score (nSPS) is 52.1. The maximum atomic E-state index is 13.1. The van der Waals surface area contributed by atoms with Crippen LogP contribution in [-0.4, -0.2) is 36.5 Å². The highest BCUT2D eigenvalue weighted by Crippen LogP contribution is 2.66. The molecule has 0 aromatic carbocycles. The first-order valence-electron chi connectivity index (χ1n) is 10.9. The van der Waals surface area contributed by atoms with Crippen molar-refractivity contribution in [2.75, 3.05) is 13.2 Å². The van der Waals surface area contributed by atoms with Gasteiger partial charge in [-0.1, -0.05) is 6.92 Å². The fourth-order valence-electron chi connectivity index (χ4n) is 7.66. The summed E-state index contributed by atoms with van der Waals surface area (Å²) in [5.74, 6) is 2.64. The van der Waals surface area contributed by atoms with Gasteiger partial charge in [-0.2, -0.15) is 0 Å². The fraction of sp³-hybridized carbons (Fsp3) is 0.955. The molecule has 0 aromatic heterocycles. The first kappa shape index (κ1) is 17.6. The first-order valence-corrected chi connectivity index (χ1v) is 10.9. The Kier molecular flexibility index (Phi) is 3.92. The van der Waals surface area contributed by atoms with Gasteiger partial charge in [-0.3, -0.25) is 4.79 Å². The molecule has 0 N–H and O–H groups in total. The van der Waals surface area contributed by atoms with Crippen molar-refractivity contribution >= 4 is 5.78 Å². The van der Waals surface area contributed by atoms with E-state index in [1.165, 1.54) is 19.3 Å². The highest BCUT2D eigenvalue weighted by atomic mass is 16.7. The molecule has 4 nitrogen and oxygen atoms in total. The van der Waals surface area contributed by atoms with Crippen LogP contribution in [0.15, 0.2) is 0 Å². The van der Waals surface area contributed by atoms with Crippen molar-refractivity contribution in [3.05, 3.63) is 0 Å². The Morgan fingerprint density at radius 2 is 1.69 bits per heavy atom. The van der Waals surface area contributed by atoms with E-state index in [-0.39, 0.29) is 11.0 Å².